The first-order valence-electron chi connectivity index (χ1n) is 7.90. The van der Waals surface area contributed by atoms with Gasteiger partial charge >= 0.3 is 0 Å². The lowest BCUT2D eigenvalue weighted by Gasteiger charge is -2.22. The lowest BCUT2D eigenvalue weighted by Crippen LogP contribution is -2.23. The van der Waals surface area contributed by atoms with Gasteiger partial charge in [0.1, 0.15) is 0 Å². The van der Waals surface area contributed by atoms with Gasteiger partial charge in [0.05, 0.1) is 5.71 Å². The largest absolute Gasteiger partial charge is 0.387 e. The van der Waals surface area contributed by atoms with Crippen molar-refractivity contribution in [3.8, 4) is 0 Å². The second-order valence-corrected chi connectivity index (χ2v) is 5.34. The molecule has 0 spiro atoms. The van der Waals surface area contributed by atoms with Crippen LogP contribution in [0, 0.1) is 5.92 Å². The van der Waals surface area contributed by atoms with Crippen molar-refractivity contribution in [3.63, 3.8) is 0 Å². The van der Waals surface area contributed by atoms with Crippen molar-refractivity contribution in [2.24, 2.45) is 11.0 Å². The van der Waals surface area contributed by atoms with Gasteiger partial charge in [-0.2, -0.15) is 5.10 Å². The Balaban J connectivity index is 4.36. The number of allylic oxidation sites excluding steroid dienone is 1. The van der Waals surface area contributed by atoms with E-state index in [2.05, 4.69) is 37.4 Å². The van der Waals surface area contributed by atoms with Crippen LogP contribution < -0.4 is 5.32 Å². The summed E-state index contributed by atoms with van der Waals surface area (Å²) in [6, 6.07) is 0. The van der Waals surface area contributed by atoms with Gasteiger partial charge in [-0.25, -0.2) is 0 Å². The topological polar surface area (TPSA) is 27.6 Å². The molecule has 116 valence electrons. The average molecular weight is 279 g/mol. The fourth-order valence-corrected chi connectivity index (χ4v) is 2.14. The van der Waals surface area contributed by atoms with Crippen LogP contribution in [0.15, 0.2) is 30.2 Å². The molecule has 0 saturated heterocycles. The molecule has 3 nitrogen and oxygen atoms in total. The molecule has 3 heteroatoms. The lowest BCUT2D eigenvalue weighted by atomic mass is 9.98. The maximum atomic E-state index is 4.57. The minimum Gasteiger partial charge on any atom is -0.387 e. The monoisotopic (exact) mass is 279 g/mol. The van der Waals surface area contributed by atoms with Gasteiger partial charge in [-0.1, -0.05) is 59.1 Å². The fraction of sp³-hybridized carbons (Fsp3) is 0.706. The number of rotatable bonds is 12. The van der Waals surface area contributed by atoms with Crippen LogP contribution in [0.2, 0.25) is 0 Å². The molecule has 0 aliphatic rings. The average Bonchev–Trinajstić information content (AvgIpc) is 2.47. The first-order valence-corrected chi connectivity index (χ1v) is 7.90. The predicted molar refractivity (Wildman–Crippen MR) is 90.8 cm³/mol. The Hall–Kier alpha value is -1.25. The molecule has 0 radical (unpaired) electrons. The van der Waals surface area contributed by atoms with Crippen molar-refractivity contribution in [1.29, 1.82) is 0 Å². The van der Waals surface area contributed by atoms with Crippen LogP contribution in [0.4, 0.5) is 0 Å². The van der Waals surface area contributed by atoms with E-state index >= 15 is 0 Å². The number of unbranched alkanes of at least 4 members (excludes halogenated alkanes) is 3. The summed E-state index contributed by atoms with van der Waals surface area (Å²) < 4.78 is 0. The van der Waals surface area contributed by atoms with Crippen LogP contribution >= 0.6 is 0 Å². The highest BCUT2D eigenvalue weighted by Crippen LogP contribution is 2.16. The van der Waals surface area contributed by atoms with Gasteiger partial charge < -0.3 is 5.32 Å². The van der Waals surface area contributed by atoms with Crippen LogP contribution in [0.3, 0.4) is 0 Å². The van der Waals surface area contributed by atoms with Crippen molar-refractivity contribution < 1.29 is 0 Å². The van der Waals surface area contributed by atoms with Gasteiger partial charge in [-0.05, 0) is 19.3 Å². The summed E-state index contributed by atoms with van der Waals surface area (Å²) in [5.41, 5.74) is 1.76. The Morgan fingerprint density at radius 2 is 2.00 bits per heavy atom. The van der Waals surface area contributed by atoms with Crippen LogP contribution in [-0.4, -0.2) is 24.3 Å². The first kappa shape index (κ1) is 18.8. The highest BCUT2D eigenvalue weighted by atomic mass is 15.4. The van der Waals surface area contributed by atoms with Crippen molar-refractivity contribution in [2.45, 2.75) is 59.3 Å². The van der Waals surface area contributed by atoms with E-state index in [1.807, 2.05) is 19.0 Å². The standard InChI is InChI=1S/C17H33N3/c1-7-10-11-12-13-17(8-2)14-20(9-3)19-16(5)15(4)18-6/h9,17-18H,3-4,7-8,10-14H2,1-2,5-6H3/b19-16+. The van der Waals surface area contributed by atoms with Gasteiger partial charge in [0, 0.05) is 25.5 Å². The summed E-state index contributed by atoms with van der Waals surface area (Å²) >= 11 is 0. The molecular weight excluding hydrogens is 246 g/mol. The predicted octanol–water partition coefficient (Wildman–Crippen LogP) is 4.54. The summed E-state index contributed by atoms with van der Waals surface area (Å²) in [4.78, 5) is 0. The molecule has 0 aromatic rings. The van der Waals surface area contributed by atoms with Crippen molar-refractivity contribution in [3.05, 3.63) is 25.1 Å². The maximum absolute atomic E-state index is 4.57. The second kappa shape index (κ2) is 11.6. The molecule has 0 amide bonds. The highest BCUT2D eigenvalue weighted by molar-refractivity contribution is 5.96. The van der Waals surface area contributed by atoms with E-state index in [1.165, 1.54) is 38.5 Å². The van der Waals surface area contributed by atoms with E-state index in [-0.39, 0.29) is 0 Å². The quantitative estimate of drug-likeness (QED) is 0.323. The Labute approximate surface area is 125 Å². The number of hydrogen-bond donors (Lipinski definition) is 1. The second-order valence-electron chi connectivity index (χ2n) is 5.34. The SMILES string of the molecule is C=CN(CC(CC)CCCCCC)/N=C(\C)C(=C)NC. The van der Waals surface area contributed by atoms with E-state index in [1.54, 1.807) is 6.20 Å². The van der Waals surface area contributed by atoms with Crippen LogP contribution in [0.1, 0.15) is 59.3 Å². The van der Waals surface area contributed by atoms with Crippen LogP contribution in [0.5, 0.6) is 0 Å². The minimum atomic E-state index is 0.684. The van der Waals surface area contributed by atoms with Gasteiger partial charge in [0.2, 0.25) is 0 Å². The molecule has 0 aromatic carbocycles. The molecular formula is C17H33N3. The highest BCUT2D eigenvalue weighted by Gasteiger charge is 2.10. The zero-order valence-electron chi connectivity index (χ0n) is 13.9. The lowest BCUT2D eigenvalue weighted by molar-refractivity contribution is 0.295. The fourth-order valence-electron chi connectivity index (χ4n) is 2.14. The Morgan fingerprint density at radius 3 is 2.50 bits per heavy atom. The van der Waals surface area contributed by atoms with Gasteiger partial charge in [-0.15, -0.1) is 0 Å². The number of hydrazone groups is 1. The third-order valence-electron chi connectivity index (χ3n) is 3.72. The van der Waals surface area contributed by atoms with E-state index in [9.17, 15) is 0 Å². The molecule has 0 heterocycles. The smallest absolute Gasteiger partial charge is 0.0803 e. The van der Waals surface area contributed by atoms with Crippen LogP contribution in [0.25, 0.3) is 0 Å². The summed E-state index contributed by atoms with van der Waals surface area (Å²) in [5.74, 6) is 0.684. The number of hydrogen-bond acceptors (Lipinski definition) is 3. The van der Waals surface area contributed by atoms with E-state index in [4.69, 9.17) is 0 Å². The molecule has 20 heavy (non-hydrogen) atoms. The molecule has 0 aliphatic heterocycles. The van der Waals surface area contributed by atoms with Crippen molar-refractivity contribution in [2.75, 3.05) is 13.6 Å². The Kier molecular flexibility index (Phi) is 10.8. The maximum Gasteiger partial charge on any atom is 0.0803 e. The molecule has 0 saturated carbocycles. The number of nitrogens with one attached hydrogen (secondary N) is 1. The normalized spacial score (nSPS) is 12.9. The van der Waals surface area contributed by atoms with E-state index < -0.39 is 0 Å². The van der Waals surface area contributed by atoms with E-state index in [0.717, 1.165) is 18.0 Å². The molecule has 0 rings (SSSR count). The molecule has 0 bridgehead atoms. The summed E-state index contributed by atoms with van der Waals surface area (Å²) in [5, 5.41) is 9.54. The Morgan fingerprint density at radius 1 is 1.30 bits per heavy atom. The third kappa shape index (κ3) is 8.03. The molecule has 0 aromatic heterocycles. The molecule has 1 unspecified atom stereocenters. The van der Waals surface area contributed by atoms with Gasteiger partial charge in [0.25, 0.3) is 0 Å². The van der Waals surface area contributed by atoms with Crippen LogP contribution in [-0.2, 0) is 0 Å². The van der Waals surface area contributed by atoms with Crippen molar-refractivity contribution in [1.82, 2.24) is 10.3 Å². The third-order valence-corrected chi connectivity index (χ3v) is 3.72. The number of nitrogens with zero attached hydrogens (tertiary/aromatic N) is 2. The summed E-state index contributed by atoms with van der Waals surface area (Å²) in [6.07, 6.45) is 9.59. The summed E-state index contributed by atoms with van der Waals surface area (Å²) in [6.45, 7) is 15.2. The zero-order chi connectivity index (χ0) is 15.4. The molecule has 1 N–H and O–H groups in total. The minimum absolute atomic E-state index is 0.684. The van der Waals surface area contributed by atoms with Crippen molar-refractivity contribution >= 4 is 5.71 Å². The summed E-state index contributed by atoms with van der Waals surface area (Å²) in [7, 11) is 1.86. The van der Waals surface area contributed by atoms with Gasteiger partial charge in [0.15, 0.2) is 0 Å². The molecule has 0 fully saturated rings. The zero-order valence-corrected chi connectivity index (χ0v) is 13.9. The first-order chi connectivity index (χ1) is 9.58. The molecule has 0 aliphatic carbocycles. The van der Waals surface area contributed by atoms with Gasteiger partial charge in [-0.3, -0.25) is 5.01 Å². The Bertz CT molecular complexity index is 307. The van der Waals surface area contributed by atoms with E-state index in [0.29, 0.717) is 5.92 Å². The molecule has 1 atom stereocenters.